The molecule has 0 spiro atoms. The topological polar surface area (TPSA) is 58.1 Å². The van der Waals surface area contributed by atoms with E-state index in [4.69, 9.17) is 0 Å². The van der Waals surface area contributed by atoms with Gasteiger partial charge in [0, 0.05) is 19.6 Å². The molecule has 0 bridgehead atoms. The predicted molar refractivity (Wildman–Crippen MR) is 57.9 cm³/mol. The van der Waals surface area contributed by atoms with Crippen molar-refractivity contribution in [2.75, 3.05) is 20.1 Å². The van der Waals surface area contributed by atoms with Crippen LogP contribution < -0.4 is 5.32 Å². The summed E-state index contributed by atoms with van der Waals surface area (Å²) in [6, 6.07) is 0.299. The van der Waals surface area contributed by atoms with Crippen molar-refractivity contribution in [3.8, 4) is 0 Å². The average Bonchev–Trinajstić information content (AvgIpc) is 2.82. The highest BCUT2D eigenvalue weighted by Gasteiger charge is 2.23. The summed E-state index contributed by atoms with van der Waals surface area (Å²) >= 11 is 1.15. The van der Waals surface area contributed by atoms with Crippen molar-refractivity contribution >= 4 is 17.4 Å². The van der Waals surface area contributed by atoms with Crippen LogP contribution in [0.5, 0.6) is 0 Å². The van der Waals surface area contributed by atoms with Gasteiger partial charge in [0.25, 0.3) is 5.91 Å². The summed E-state index contributed by atoms with van der Waals surface area (Å²) in [7, 11) is 1.85. The van der Waals surface area contributed by atoms with Gasteiger partial charge in [-0.1, -0.05) is 4.49 Å². The number of aromatic nitrogens is 2. The maximum Gasteiger partial charge on any atom is 0.267 e. The number of piperidine rings is 1. The first-order valence-electron chi connectivity index (χ1n) is 5.04. The molecule has 82 valence electrons. The van der Waals surface area contributed by atoms with E-state index in [9.17, 15) is 4.79 Å². The smallest absolute Gasteiger partial charge is 0.267 e. The molecule has 0 radical (unpaired) electrons. The molecule has 1 unspecified atom stereocenters. The Hall–Kier alpha value is -1.01. The lowest BCUT2D eigenvalue weighted by molar-refractivity contribution is 0.0713. The number of carbonyl (C=O) groups is 1. The molecule has 1 fully saturated rings. The molecular weight excluding hydrogens is 212 g/mol. The van der Waals surface area contributed by atoms with Crippen molar-refractivity contribution in [1.82, 2.24) is 19.8 Å². The van der Waals surface area contributed by atoms with Crippen LogP contribution in [0.25, 0.3) is 0 Å². The lowest BCUT2D eigenvalue weighted by Crippen LogP contribution is -2.46. The SMILES string of the molecule is CN(C(=O)c1cnns1)C1CCCNC1. The molecule has 2 heterocycles. The van der Waals surface area contributed by atoms with Gasteiger partial charge in [0.05, 0.1) is 6.20 Å². The van der Waals surface area contributed by atoms with Crippen LogP contribution >= 0.6 is 11.5 Å². The van der Waals surface area contributed by atoms with E-state index in [1.807, 2.05) is 7.05 Å². The van der Waals surface area contributed by atoms with Crippen LogP contribution in [0.3, 0.4) is 0 Å². The van der Waals surface area contributed by atoms with E-state index in [1.54, 1.807) is 4.90 Å². The molecule has 1 N–H and O–H groups in total. The standard InChI is InChI=1S/C9H14N4OS/c1-13(7-3-2-4-10-5-7)9(14)8-6-11-12-15-8/h6-7,10H,2-5H2,1H3. The zero-order valence-electron chi connectivity index (χ0n) is 8.64. The van der Waals surface area contributed by atoms with Crippen LogP contribution in [0.2, 0.25) is 0 Å². The van der Waals surface area contributed by atoms with Crippen molar-refractivity contribution in [3.05, 3.63) is 11.1 Å². The molecule has 1 aromatic rings. The van der Waals surface area contributed by atoms with Crippen molar-refractivity contribution in [3.63, 3.8) is 0 Å². The maximum atomic E-state index is 11.9. The van der Waals surface area contributed by atoms with E-state index >= 15 is 0 Å². The number of carbonyl (C=O) groups excluding carboxylic acids is 1. The van der Waals surface area contributed by atoms with Crippen molar-refractivity contribution in [2.24, 2.45) is 0 Å². The first-order valence-corrected chi connectivity index (χ1v) is 5.81. The summed E-state index contributed by atoms with van der Waals surface area (Å²) in [4.78, 5) is 14.3. The fourth-order valence-corrected chi connectivity index (χ4v) is 2.26. The van der Waals surface area contributed by atoms with Crippen LogP contribution in [-0.4, -0.2) is 46.6 Å². The number of hydrogen-bond donors (Lipinski definition) is 1. The van der Waals surface area contributed by atoms with E-state index in [0.717, 1.165) is 37.5 Å². The molecule has 0 aromatic carbocycles. The molecule has 1 saturated heterocycles. The van der Waals surface area contributed by atoms with Gasteiger partial charge in [-0.3, -0.25) is 4.79 Å². The Bertz CT molecular complexity index is 321. The Morgan fingerprint density at radius 2 is 2.60 bits per heavy atom. The minimum Gasteiger partial charge on any atom is -0.337 e. The molecular formula is C9H14N4OS. The van der Waals surface area contributed by atoms with E-state index in [-0.39, 0.29) is 5.91 Å². The molecule has 1 aromatic heterocycles. The molecule has 5 nitrogen and oxygen atoms in total. The Balaban J connectivity index is 2.00. The molecule has 2 rings (SSSR count). The molecule has 15 heavy (non-hydrogen) atoms. The van der Waals surface area contributed by atoms with E-state index < -0.39 is 0 Å². The van der Waals surface area contributed by atoms with Gasteiger partial charge in [0.15, 0.2) is 0 Å². The van der Waals surface area contributed by atoms with Gasteiger partial charge < -0.3 is 10.2 Å². The number of amides is 1. The van der Waals surface area contributed by atoms with Crippen molar-refractivity contribution < 1.29 is 4.79 Å². The summed E-state index contributed by atoms with van der Waals surface area (Å²) in [6.07, 6.45) is 3.73. The summed E-state index contributed by atoms with van der Waals surface area (Å²) in [6.45, 7) is 1.94. The van der Waals surface area contributed by atoms with Crippen LogP contribution in [0.1, 0.15) is 22.5 Å². The zero-order chi connectivity index (χ0) is 10.7. The summed E-state index contributed by atoms with van der Waals surface area (Å²) in [5, 5.41) is 6.97. The number of likely N-dealkylation sites (N-methyl/N-ethyl adjacent to an activating group) is 1. The van der Waals surface area contributed by atoms with Gasteiger partial charge in [0.1, 0.15) is 4.88 Å². The highest BCUT2D eigenvalue weighted by molar-refractivity contribution is 7.07. The Morgan fingerprint density at radius 3 is 3.20 bits per heavy atom. The third kappa shape index (κ3) is 2.32. The quantitative estimate of drug-likeness (QED) is 0.791. The largest absolute Gasteiger partial charge is 0.337 e. The van der Waals surface area contributed by atoms with Gasteiger partial charge in [-0.15, -0.1) is 5.10 Å². The zero-order valence-corrected chi connectivity index (χ0v) is 9.46. The van der Waals surface area contributed by atoms with Crippen molar-refractivity contribution in [1.29, 1.82) is 0 Å². The Morgan fingerprint density at radius 1 is 1.73 bits per heavy atom. The second kappa shape index (κ2) is 4.67. The summed E-state index contributed by atoms with van der Waals surface area (Å²) in [5.74, 6) is 0.0266. The van der Waals surface area contributed by atoms with E-state index in [1.165, 1.54) is 6.20 Å². The third-order valence-corrected chi connectivity index (χ3v) is 3.36. The lowest BCUT2D eigenvalue weighted by atomic mass is 10.1. The second-order valence-electron chi connectivity index (χ2n) is 3.70. The van der Waals surface area contributed by atoms with Crippen molar-refractivity contribution in [2.45, 2.75) is 18.9 Å². The fraction of sp³-hybridized carbons (Fsp3) is 0.667. The molecule has 1 atom stereocenters. The monoisotopic (exact) mass is 226 g/mol. The van der Waals surface area contributed by atoms with Crippen LogP contribution in [0.15, 0.2) is 6.20 Å². The normalized spacial score (nSPS) is 21.3. The lowest BCUT2D eigenvalue weighted by Gasteiger charge is -2.31. The highest BCUT2D eigenvalue weighted by Crippen LogP contribution is 2.13. The molecule has 0 saturated carbocycles. The molecule has 6 heteroatoms. The van der Waals surface area contributed by atoms with Crippen LogP contribution in [0, 0.1) is 0 Å². The number of nitrogens with one attached hydrogen (secondary N) is 1. The minimum atomic E-state index is 0.0266. The molecule has 0 aliphatic carbocycles. The summed E-state index contributed by atoms with van der Waals surface area (Å²) in [5.41, 5.74) is 0. The predicted octanol–water partition coefficient (Wildman–Crippen LogP) is 0.362. The van der Waals surface area contributed by atoms with E-state index in [0.29, 0.717) is 10.9 Å². The highest BCUT2D eigenvalue weighted by atomic mass is 32.1. The van der Waals surface area contributed by atoms with E-state index in [2.05, 4.69) is 14.9 Å². The fourth-order valence-electron chi connectivity index (χ4n) is 1.77. The number of hydrogen-bond acceptors (Lipinski definition) is 5. The van der Waals surface area contributed by atoms with Gasteiger partial charge in [-0.25, -0.2) is 0 Å². The maximum absolute atomic E-state index is 11.9. The van der Waals surface area contributed by atoms with Gasteiger partial charge in [-0.2, -0.15) is 0 Å². The Kier molecular flexibility index (Phi) is 3.27. The van der Waals surface area contributed by atoms with Gasteiger partial charge in [-0.05, 0) is 30.9 Å². The molecule has 1 aliphatic heterocycles. The number of rotatable bonds is 2. The first kappa shape index (κ1) is 10.5. The van der Waals surface area contributed by atoms with Gasteiger partial charge in [0.2, 0.25) is 0 Å². The third-order valence-electron chi connectivity index (χ3n) is 2.71. The summed E-state index contributed by atoms with van der Waals surface area (Å²) < 4.78 is 3.70. The van der Waals surface area contributed by atoms with Gasteiger partial charge >= 0.3 is 0 Å². The molecule has 1 amide bonds. The minimum absolute atomic E-state index is 0.0266. The number of nitrogens with zero attached hydrogens (tertiary/aromatic N) is 3. The average molecular weight is 226 g/mol. The molecule has 1 aliphatic rings. The van der Waals surface area contributed by atoms with Crippen LogP contribution in [-0.2, 0) is 0 Å². The second-order valence-corrected chi connectivity index (χ2v) is 4.48. The first-order chi connectivity index (χ1) is 7.29. The Labute approximate surface area is 92.6 Å². The van der Waals surface area contributed by atoms with Crippen LogP contribution in [0.4, 0.5) is 0 Å².